The van der Waals surface area contributed by atoms with E-state index in [1.807, 2.05) is 0 Å². The summed E-state index contributed by atoms with van der Waals surface area (Å²) in [6.45, 7) is 18.3. The molecule has 0 unspecified atom stereocenters. The Hall–Kier alpha value is -0.160. The van der Waals surface area contributed by atoms with E-state index in [-0.39, 0.29) is 0 Å². The highest BCUT2D eigenvalue weighted by molar-refractivity contribution is 4.73. The molecule has 0 aromatic carbocycles. The smallest absolute Gasteiger partial charge is 0.0593 e. The Morgan fingerprint density at radius 3 is 1.95 bits per heavy atom. The lowest BCUT2D eigenvalue weighted by atomic mass is 10.1. The quantitative estimate of drug-likeness (QED) is 0.517. The monoisotopic (exact) mass is 314 g/mol. The Morgan fingerprint density at radius 1 is 0.773 bits per heavy atom. The van der Waals surface area contributed by atoms with E-state index in [4.69, 9.17) is 9.47 Å². The summed E-state index contributed by atoms with van der Waals surface area (Å²) in [6.07, 6.45) is 3.46. The maximum atomic E-state index is 5.72. The highest BCUT2D eigenvalue weighted by Crippen LogP contribution is 2.05. The summed E-state index contributed by atoms with van der Waals surface area (Å²) in [6, 6.07) is 0.680. The van der Waals surface area contributed by atoms with Crippen LogP contribution in [-0.2, 0) is 9.47 Å². The molecule has 132 valence electrons. The third-order valence-electron chi connectivity index (χ3n) is 4.34. The molecule has 4 nitrogen and oxygen atoms in total. The van der Waals surface area contributed by atoms with Gasteiger partial charge in [-0.25, -0.2) is 0 Å². The van der Waals surface area contributed by atoms with Gasteiger partial charge in [0.15, 0.2) is 0 Å². The SMILES string of the molecule is CC(C)CCCOCCCOCCN1CCN(C(C)C)CC1. The maximum Gasteiger partial charge on any atom is 0.0593 e. The van der Waals surface area contributed by atoms with Gasteiger partial charge in [0.05, 0.1) is 6.61 Å². The van der Waals surface area contributed by atoms with E-state index in [2.05, 4.69) is 37.5 Å². The number of hydrogen-bond donors (Lipinski definition) is 0. The predicted octanol–water partition coefficient (Wildman–Crippen LogP) is 2.87. The lowest BCUT2D eigenvalue weighted by Gasteiger charge is -2.36. The van der Waals surface area contributed by atoms with Crippen LogP contribution >= 0.6 is 0 Å². The van der Waals surface area contributed by atoms with E-state index in [0.29, 0.717) is 6.04 Å². The third kappa shape index (κ3) is 9.78. The second-order valence-corrected chi connectivity index (χ2v) is 7.09. The van der Waals surface area contributed by atoms with Gasteiger partial charge in [0.1, 0.15) is 0 Å². The highest BCUT2D eigenvalue weighted by atomic mass is 16.5. The fraction of sp³-hybridized carbons (Fsp3) is 1.00. The Morgan fingerprint density at radius 2 is 1.36 bits per heavy atom. The number of hydrogen-bond acceptors (Lipinski definition) is 4. The van der Waals surface area contributed by atoms with Crippen molar-refractivity contribution in [2.45, 2.75) is 53.0 Å². The molecule has 1 fully saturated rings. The topological polar surface area (TPSA) is 24.9 Å². The van der Waals surface area contributed by atoms with Crippen molar-refractivity contribution in [2.24, 2.45) is 5.92 Å². The molecule has 0 N–H and O–H groups in total. The number of piperazine rings is 1. The van der Waals surface area contributed by atoms with Gasteiger partial charge in [-0.15, -0.1) is 0 Å². The minimum Gasteiger partial charge on any atom is -0.381 e. The van der Waals surface area contributed by atoms with Gasteiger partial charge in [0, 0.05) is 58.6 Å². The number of rotatable bonds is 12. The molecule has 0 atom stereocenters. The molecule has 22 heavy (non-hydrogen) atoms. The molecule has 1 saturated heterocycles. The maximum absolute atomic E-state index is 5.72. The molecule has 1 rings (SSSR count). The minimum atomic E-state index is 0.680. The fourth-order valence-electron chi connectivity index (χ4n) is 2.76. The van der Waals surface area contributed by atoms with Gasteiger partial charge < -0.3 is 9.47 Å². The predicted molar refractivity (Wildman–Crippen MR) is 93.5 cm³/mol. The van der Waals surface area contributed by atoms with Gasteiger partial charge in [-0.3, -0.25) is 9.80 Å². The Balaban J connectivity index is 1.82. The van der Waals surface area contributed by atoms with E-state index in [0.717, 1.165) is 45.3 Å². The summed E-state index contributed by atoms with van der Waals surface area (Å²) in [5, 5.41) is 0. The number of nitrogens with zero attached hydrogens (tertiary/aromatic N) is 2. The molecule has 4 heteroatoms. The summed E-state index contributed by atoms with van der Waals surface area (Å²) in [5.74, 6) is 0.786. The Bertz CT molecular complexity index is 251. The van der Waals surface area contributed by atoms with Crippen molar-refractivity contribution in [3.8, 4) is 0 Å². The van der Waals surface area contributed by atoms with Crippen molar-refractivity contribution in [3.05, 3.63) is 0 Å². The van der Waals surface area contributed by atoms with Crippen LogP contribution in [0.2, 0.25) is 0 Å². The van der Waals surface area contributed by atoms with Crippen molar-refractivity contribution in [1.82, 2.24) is 9.80 Å². The van der Waals surface area contributed by atoms with E-state index >= 15 is 0 Å². The summed E-state index contributed by atoms with van der Waals surface area (Å²) in [7, 11) is 0. The second kappa shape index (κ2) is 12.3. The first-order valence-corrected chi connectivity index (χ1v) is 9.21. The molecule has 1 aliphatic heterocycles. The highest BCUT2D eigenvalue weighted by Gasteiger charge is 2.17. The van der Waals surface area contributed by atoms with Crippen LogP contribution in [0.25, 0.3) is 0 Å². The average molecular weight is 315 g/mol. The van der Waals surface area contributed by atoms with Crippen LogP contribution in [0.3, 0.4) is 0 Å². The van der Waals surface area contributed by atoms with E-state index in [1.54, 1.807) is 0 Å². The van der Waals surface area contributed by atoms with Crippen LogP contribution in [0.5, 0.6) is 0 Å². The molecule has 1 heterocycles. The molecule has 0 aromatic heterocycles. The van der Waals surface area contributed by atoms with Gasteiger partial charge in [-0.2, -0.15) is 0 Å². The lowest BCUT2D eigenvalue weighted by Crippen LogP contribution is -2.49. The molecule has 0 amide bonds. The van der Waals surface area contributed by atoms with E-state index < -0.39 is 0 Å². The molecule has 0 aromatic rings. The molecule has 0 spiro atoms. The van der Waals surface area contributed by atoms with Gasteiger partial charge in [0.25, 0.3) is 0 Å². The van der Waals surface area contributed by atoms with Crippen LogP contribution in [0.4, 0.5) is 0 Å². The van der Waals surface area contributed by atoms with E-state index in [1.165, 1.54) is 39.0 Å². The van der Waals surface area contributed by atoms with Crippen LogP contribution in [-0.4, -0.2) is 75.0 Å². The first-order chi connectivity index (χ1) is 10.6. The van der Waals surface area contributed by atoms with E-state index in [9.17, 15) is 0 Å². The second-order valence-electron chi connectivity index (χ2n) is 7.09. The molecule has 0 saturated carbocycles. The molecule has 1 aliphatic rings. The zero-order chi connectivity index (χ0) is 16.2. The standard InChI is InChI=1S/C18H38N2O2/c1-17(2)7-5-13-21-14-6-15-22-16-12-19-8-10-20(11-9-19)18(3)4/h17-18H,5-16H2,1-4H3. The van der Waals surface area contributed by atoms with Crippen LogP contribution in [0.1, 0.15) is 47.0 Å². The summed E-state index contributed by atoms with van der Waals surface area (Å²) in [4.78, 5) is 5.06. The first kappa shape index (κ1) is 19.9. The lowest BCUT2D eigenvalue weighted by molar-refractivity contribution is 0.0523. The Labute approximate surface area is 138 Å². The van der Waals surface area contributed by atoms with Gasteiger partial charge in [0.2, 0.25) is 0 Å². The molecular weight excluding hydrogens is 276 g/mol. The third-order valence-corrected chi connectivity index (χ3v) is 4.34. The zero-order valence-electron chi connectivity index (χ0n) is 15.4. The number of ether oxygens (including phenoxy) is 2. The molecular formula is C18H38N2O2. The summed E-state index contributed by atoms with van der Waals surface area (Å²) in [5.41, 5.74) is 0. The fourth-order valence-corrected chi connectivity index (χ4v) is 2.76. The molecule has 0 radical (unpaired) electrons. The Kier molecular flexibility index (Phi) is 11.1. The summed E-state index contributed by atoms with van der Waals surface area (Å²) >= 11 is 0. The van der Waals surface area contributed by atoms with Crippen molar-refractivity contribution < 1.29 is 9.47 Å². The average Bonchev–Trinajstić information content (AvgIpc) is 2.49. The van der Waals surface area contributed by atoms with Crippen molar-refractivity contribution in [3.63, 3.8) is 0 Å². The largest absolute Gasteiger partial charge is 0.381 e. The molecule has 0 aliphatic carbocycles. The minimum absolute atomic E-state index is 0.680. The van der Waals surface area contributed by atoms with Crippen molar-refractivity contribution >= 4 is 0 Å². The van der Waals surface area contributed by atoms with Crippen molar-refractivity contribution in [2.75, 3.05) is 59.2 Å². The molecule has 0 bridgehead atoms. The summed E-state index contributed by atoms with van der Waals surface area (Å²) < 4.78 is 11.3. The van der Waals surface area contributed by atoms with Gasteiger partial charge >= 0.3 is 0 Å². The van der Waals surface area contributed by atoms with Crippen LogP contribution < -0.4 is 0 Å². The van der Waals surface area contributed by atoms with Gasteiger partial charge in [-0.05, 0) is 39.0 Å². The van der Waals surface area contributed by atoms with Crippen LogP contribution in [0.15, 0.2) is 0 Å². The van der Waals surface area contributed by atoms with Crippen LogP contribution in [0, 0.1) is 5.92 Å². The zero-order valence-corrected chi connectivity index (χ0v) is 15.4. The first-order valence-electron chi connectivity index (χ1n) is 9.21. The normalized spacial score (nSPS) is 17.7. The van der Waals surface area contributed by atoms with Gasteiger partial charge in [-0.1, -0.05) is 13.8 Å². The van der Waals surface area contributed by atoms with Crippen molar-refractivity contribution in [1.29, 1.82) is 0 Å².